The Labute approximate surface area is 122 Å². The number of fused-ring (bicyclic) bond motifs is 3. The lowest BCUT2D eigenvalue weighted by atomic mass is 9.74. The summed E-state index contributed by atoms with van der Waals surface area (Å²) in [4.78, 5) is 11.1. The molecular weight excluding hydrogens is 252 g/mol. The SMILES string of the molecule is CC(=O)OC[C@]1(O)CC[C@@H]2[C@H]([C@@H]3[C@H](C)CC[C@H]31)C2(C)C. The fourth-order valence-electron chi connectivity index (χ4n) is 5.55. The molecule has 3 fully saturated rings. The van der Waals surface area contributed by atoms with Crippen molar-refractivity contribution >= 4 is 5.97 Å². The van der Waals surface area contributed by atoms with Crippen LogP contribution in [0.2, 0.25) is 0 Å². The highest BCUT2D eigenvalue weighted by Gasteiger charge is 2.67. The first-order valence-corrected chi connectivity index (χ1v) is 8.13. The van der Waals surface area contributed by atoms with Crippen LogP contribution in [0.25, 0.3) is 0 Å². The molecule has 114 valence electrons. The average molecular weight is 280 g/mol. The molecule has 0 aromatic rings. The van der Waals surface area contributed by atoms with Crippen molar-refractivity contribution in [1.29, 1.82) is 0 Å². The van der Waals surface area contributed by atoms with Crippen LogP contribution < -0.4 is 0 Å². The van der Waals surface area contributed by atoms with Gasteiger partial charge in [-0.05, 0) is 54.3 Å². The number of carbonyl (C=O) groups is 1. The summed E-state index contributed by atoms with van der Waals surface area (Å²) in [5, 5.41) is 11.1. The quantitative estimate of drug-likeness (QED) is 0.791. The van der Waals surface area contributed by atoms with E-state index < -0.39 is 5.60 Å². The minimum Gasteiger partial charge on any atom is -0.463 e. The van der Waals surface area contributed by atoms with Crippen LogP contribution in [0.1, 0.15) is 53.4 Å². The number of hydrogen-bond acceptors (Lipinski definition) is 3. The van der Waals surface area contributed by atoms with Gasteiger partial charge in [0, 0.05) is 6.92 Å². The van der Waals surface area contributed by atoms with Crippen molar-refractivity contribution in [1.82, 2.24) is 0 Å². The van der Waals surface area contributed by atoms with Gasteiger partial charge in [-0.25, -0.2) is 0 Å². The second kappa shape index (κ2) is 4.46. The third-order valence-corrected chi connectivity index (χ3v) is 6.71. The number of esters is 1. The molecule has 3 aliphatic rings. The summed E-state index contributed by atoms with van der Waals surface area (Å²) in [5.74, 6) is 2.84. The Morgan fingerprint density at radius 3 is 2.60 bits per heavy atom. The predicted octanol–water partition coefficient (Wildman–Crippen LogP) is 3.01. The highest BCUT2D eigenvalue weighted by Crippen LogP contribution is 2.71. The van der Waals surface area contributed by atoms with E-state index in [0.717, 1.165) is 31.1 Å². The van der Waals surface area contributed by atoms with Crippen molar-refractivity contribution in [2.24, 2.45) is 35.0 Å². The van der Waals surface area contributed by atoms with Gasteiger partial charge in [-0.15, -0.1) is 0 Å². The number of rotatable bonds is 2. The molecule has 6 atom stereocenters. The monoisotopic (exact) mass is 280 g/mol. The minimum atomic E-state index is -0.787. The van der Waals surface area contributed by atoms with Gasteiger partial charge in [-0.2, -0.15) is 0 Å². The lowest BCUT2D eigenvalue weighted by Gasteiger charge is -2.37. The Bertz CT molecular complexity index is 416. The maximum Gasteiger partial charge on any atom is 0.302 e. The maximum absolute atomic E-state index is 11.1. The summed E-state index contributed by atoms with van der Waals surface area (Å²) in [5.41, 5.74) is -0.338. The predicted molar refractivity (Wildman–Crippen MR) is 77.0 cm³/mol. The van der Waals surface area contributed by atoms with Crippen LogP contribution >= 0.6 is 0 Å². The van der Waals surface area contributed by atoms with E-state index in [1.807, 2.05) is 0 Å². The number of carbonyl (C=O) groups excluding carboxylic acids is 1. The average Bonchev–Trinajstić information content (AvgIpc) is 2.73. The smallest absolute Gasteiger partial charge is 0.302 e. The fraction of sp³-hybridized carbons (Fsp3) is 0.941. The molecule has 0 spiro atoms. The van der Waals surface area contributed by atoms with Crippen LogP contribution in [0.15, 0.2) is 0 Å². The third kappa shape index (κ3) is 2.01. The van der Waals surface area contributed by atoms with Crippen molar-refractivity contribution in [3.8, 4) is 0 Å². The Kier molecular flexibility index (Phi) is 3.20. The zero-order chi connectivity index (χ0) is 14.7. The molecule has 0 saturated heterocycles. The third-order valence-electron chi connectivity index (χ3n) is 6.71. The van der Waals surface area contributed by atoms with Crippen LogP contribution in [-0.4, -0.2) is 23.3 Å². The Balaban J connectivity index is 1.84. The topological polar surface area (TPSA) is 46.5 Å². The van der Waals surface area contributed by atoms with Crippen molar-refractivity contribution in [2.45, 2.75) is 59.0 Å². The van der Waals surface area contributed by atoms with Crippen molar-refractivity contribution in [3.05, 3.63) is 0 Å². The van der Waals surface area contributed by atoms with Gasteiger partial charge in [0.1, 0.15) is 12.2 Å². The summed E-state index contributed by atoms with van der Waals surface area (Å²) < 4.78 is 5.20. The van der Waals surface area contributed by atoms with Gasteiger partial charge in [0.2, 0.25) is 0 Å². The van der Waals surface area contributed by atoms with Gasteiger partial charge < -0.3 is 9.84 Å². The van der Waals surface area contributed by atoms with Crippen molar-refractivity contribution < 1.29 is 14.6 Å². The Morgan fingerprint density at radius 2 is 1.95 bits per heavy atom. The van der Waals surface area contributed by atoms with Gasteiger partial charge in [0.05, 0.1) is 0 Å². The first-order valence-electron chi connectivity index (χ1n) is 8.13. The van der Waals surface area contributed by atoms with Crippen LogP contribution in [-0.2, 0) is 9.53 Å². The summed E-state index contributed by atoms with van der Waals surface area (Å²) in [6, 6.07) is 0. The molecule has 0 unspecified atom stereocenters. The molecule has 3 nitrogen and oxygen atoms in total. The number of hydrogen-bond donors (Lipinski definition) is 1. The Hall–Kier alpha value is -0.570. The molecule has 0 heterocycles. The van der Waals surface area contributed by atoms with E-state index in [-0.39, 0.29) is 12.6 Å². The molecule has 1 N–H and O–H groups in total. The van der Waals surface area contributed by atoms with E-state index in [2.05, 4.69) is 20.8 Å². The van der Waals surface area contributed by atoms with Gasteiger partial charge >= 0.3 is 5.97 Å². The van der Waals surface area contributed by atoms with E-state index in [4.69, 9.17) is 4.74 Å². The summed E-state index contributed by atoms with van der Waals surface area (Å²) in [7, 11) is 0. The van der Waals surface area contributed by atoms with Crippen LogP contribution in [0, 0.1) is 35.0 Å². The van der Waals surface area contributed by atoms with E-state index in [1.165, 1.54) is 13.3 Å². The van der Waals surface area contributed by atoms with Gasteiger partial charge in [-0.1, -0.05) is 27.2 Å². The first-order chi connectivity index (χ1) is 9.27. The van der Waals surface area contributed by atoms with Crippen molar-refractivity contribution in [3.63, 3.8) is 0 Å². The number of ether oxygens (including phenoxy) is 1. The largest absolute Gasteiger partial charge is 0.463 e. The molecule has 3 heteroatoms. The first kappa shape index (κ1) is 14.4. The molecule has 0 bridgehead atoms. The molecule has 3 saturated carbocycles. The van der Waals surface area contributed by atoms with Crippen LogP contribution in [0.4, 0.5) is 0 Å². The summed E-state index contributed by atoms with van der Waals surface area (Å²) in [6.07, 6.45) is 4.16. The second-order valence-electron chi connectivity index (χ2n) is 8.11. The molecule has 3 rings (SSSR count). The van der Waals surface area contributed by atoms with E-state index in [0.29, 0.717) is 23.2 Å². The summed E-state index contributed by atoms with van der Waals surface area (Å²) >= 11 is 0. The van der Waals surface area contributed by atoms with Gasteiger partial charge in [0.25, 0.3) is 0 Å². The fourth-order valence-corrected chi connectivity index (χ4v) is 5.55. The second-order valence-corrected chi connectivity index (χ2v) is 8.11. The number of aliphatic hydroxyl groups is 1. The molecular formula is C17H28O3. The highest BCUT2D eigenvalue weighted by molar-refractivity contribution is 5.65. The molecule has 3 aliphatic carbocycles. The summed E-state index contributed by atoms with van der Waals surface area (Å²) in [6.45, 7) is 8.74. The standard InChI is InChI=1S/C17H28O3/c1-10-5-6-12-14(10)15-13(16(15,3)4)7-8-17(12,19)9-20-11(2)18/h10,12-15,19H,5-9H2,1-4H3/t10-,12-,13-,14-,15-,17-/m1/s1. The molecule has 0 aromatic carbocycles. The van der Waals surface area contributed by atoms with Crippen LogP contribution in [0.5, 0.6) is 0 Å². The maximum atomic E-state index is 11.1. The lowest BCUT2D eigenvalue weighted by molar-refractivity contribution is -0.155. The lowest BCUT2D eigenvalue weighted by Crippen LogP contribution is -2.45. The highest BCUT2D eigenvalue weighted by atomic mass is 16.5. The molecule has 20 heavy (non-hydrogen) atoms. The normalized spacial score (nSPS) is 49.0. The molecule has 0 amide bonds. The van der Waals surface area contributed by atoms with Crippen LogP contribution in [0.3, 0.4) is 0 Å². The van der Waals surface area contributed by atoms with E-state index in [9.17, 15) is 9.90 Å². The van der Waals surface area contributed by atoms with E-state index >= 15 is 0 Å². The zero-order valence-corrected chi connectivity index (χ0v) is 13.2. The molecule has 0 aliphatic heterocycles. The minimum absolute atomic E-state index is 0.191. The Morgan fingerprint density at radius 1 is 1.25 bits per heavy atom. The molecule has 0 aromatic heterocycles. The van der Waals surface area contributed by atoms with Crippen molar-refractivity contribution in [2.75, 3.05) is 6.61 Å². The zero-order valence-electron chi connectivity index (χ0n) is 13.2. The van der Waals surface area contributed by atoms with E-state index in [1.54, 1.807) is 0 Å². The molecule has 0 radical (unpaired) electrons. The van der Waals surface area contributed by atoms with Gasteiger partial charge in [-0.3, -0.25) is 4.79 Å². The van der Waals surface area contributed by atoms with Gasteiger partial charge in [0.15, 0.2) is 0 Å².